The van der Waals surface area contributed by atoms with Crippen LogP contribution in [0.2, 0.25) is 0 Å². The van der Waals surface area contributed by atoms with Crippen molar-refractivity contribution < 1.29 is 19.1 Å². The second-order valence-electron chi connectivity index (χ2n) is 8.75. The quantitative estimate of drug-likeness (QED) is 0.491. The maximum atomic E-state index is 13.4. The highest BCUT2D eigenvalue weighted by Crippen LogP contribution is 2.20. The van der Waals surface area contributed by atoms with E-state index in [1.54, 1.807) is 66.1 Å². The second-order valence-corrected chi connectivity index (χ2v) is 8.75. The van der Waals surface area contributed by atoms with Gasteiger partial charge in [0.15, 0.2) is 0 Å². The van der Waals surface area contributed by atoms with Crippen LogP contribution in [-0.4, -0.2) is 70.7 Å². The van der Waals surface area contributed by atoms with Crippen LogP contribution in [0, 0.1) is 6.92 Å². The highest BCUT2D eigenvalue weighted by atomic mass is 16.6. The van der Waals surface area contributed by atoms with Crippen LogP contribution in [0.25, 0.3) is 16.6 Å². The highest BCUT2D eigenvalue weighted by Gasteiger charge is 2.25. The van der Waals surface area contributed by atoms with Crippen molar-refractivity contribution in [3.05, 3.63) is 76.4 Å². The first kappa shape index (κ1) is 25.0. The molecule has 9 nitrogen and oxygen atoms in total. The Balaban J connectivity index is 1.53. The highest BCUT2D eigenvalue weighted by molar-refractivity contribution is 5.94. The van der Waals surface area contributed by atoms with Gasteiger partial charge in [-0.1, -0.05) is 6.58 Å². The minimum absolute atomic E-state index is 0.120. The molecule has 0 aliphatic carbocycles. The topological polar surface area (TPSA) is 94.0 Å². The molecule has 0 radical (unpaired) electrons. The SMILES string of the molecule is C=C(C)COc1ccc2nc(C)n(-c3ccc(C(=O)N4CCN(C(=O)OCC)CC4)cc3)c(=O)c2c1. The Labute approximate surface area is 209 Å². The molecule has 36 heavy (non-hydrogen) atoms. The maximum absolute atomic E-state index is 13.4. The van der Waals surface area contributed by atoms with Gasteiger partial charge in [0.05, 0.1) is 23.2 Å². The van der Waals surface area contributed by atoms with Crippen molar-refractivity contribution in [1.29, 1.82) is 0 Å². The third-order valence-corrected chi connectivity index (χ3v) is 5.96. The number of carbonyl (C=O) groups is 2. The number of ether oxygens (including phenoxy) is 2. The summed E-state index contributed by atoms with van der Waals surface area (Å²) in [5.41, 5.74) is 2.38. The molecule has 0 unspecified atom stereocenters. The van der Waals surface area contributed by atoms with E-state index in [0.29, 0.717) is 73.1 Å². The zero-order valence-corrected chi connectivity index (χ0v) is 20.8. The summed E-state index contributed by atoms with van der Waals surface area (Å²) in [5, 5.41) is 0.444. The van der Waals surface area contributed by atoms with E-state index in [0.717, 1.165) is 5.57 Å². The van der Waals surface area contributed by atoms with Crippen LogP contribution in [-0.2, 0) is 4.74 Å². The smallest absolute Gasteiger partial charge is 0.409 e. The predicted octanol–water partition coefficient (Wildman–Crippen LogP) is 3.56. The van der Waals surface area contributed by atoms with Crippen molar-refractivity contribution in [2.24, 2.45) is 0 Å². The van der Waals surface area contributed by atoms with Crippen LogP contribution in [0.15, 0.2) is 59.4 Å². The van der Waals surface area contributed by atoms with E-state index in [1.165, 1.54) is 4.57 Å². The number of rotatable bonds is 6. The standard InChI is InChI=1S/C27H30N4O5/c1-5-35-27(34)30-14-12-29(13-15-30)25(32)20-6-8-21(9-7-20)31-19(4)28-24-11-10-22(36-17-18(2)3)16-23(24)26(31)33/h6-11,16H,2,5,12-15,17H2,1,3-4H3. The first-order valence-electron chi connectivity index (χ1n) is 11.9. The molecule has 3 aromatic rings. The van der Waals surface area contributed by atoms with Gasteiger partial charge in [-0.05, 0) is 68.8 Å². The largest absolute Gasteiger partial charge is 0.489 e. The summed E-state index contributed by atoms with van der Waals surface area (Å²) in [6, 6.07) is 12.1. The molecule has 2 amide bonds. The first-order chi connectivity index (χ1) is 17.3. The van der Waals surface area contributed by atoms with E-state index in [1.807, 2.05) is 6.92 Å². The van der Waals surface area contributed by atoms with E-state index in [9.17, 15) is 14.4 Å². The van der Waals surface area contributed by atoms with Gasteiger partial charge >= 0.3 is 6.09 Å². The Hall–Kier alpha value is -4.14. The fraction of sp³-hybridized carbons (Fsp3) is 0.333. The molecule has 1 aromatic heterocycles. The fourth-order valence-electron chi connectivity index (χ4n) is 4.12. The normalized spacial score (nSPS) is 13.5. The number of piperazine rings is 1. The third kappa shape index (κ3) is 5.25. The summed E-state index contributed by atoms with van der Waals surface area (Å²) >= 11 is 0. The lowest BCUT2D eigenvalue weighted by Crippen LogP contribution is -2.50. The molecule has 0 N–H and O–H groups in total. The van der Waals surface area contributed by atoms with Crippen LogP contribution in [0.4, 0.5) is 4.79 Å². The van der Waals surface area contributed by atoms with E-state index >= 15 is 0 Å². The van der Waals surface area contributed by atoms with Gasteiger partial charge in [-0.2, -0.15) is 0 Å². The summed E-state index contributed by atoms with van der Waals surface area (Å²) < 4.78 is 12.2. The molecule has 4 rings (SSSR count). The molecule has 1 aliphatic heterocycles. The van der Waals surface area contributed by atoms with Gasteiger partial charge in [-0.25, -0.2) is 9.78 Å². The predicted molar refractivity (Wildman–Crippen MR) is 137 cm³/mol. The van der Waals surface area contributed by atoms with Crippen molar-refractivity contribution >= 4 is 22.9 Å². The lowest BCUT2D eigenvalue weighted by atomic mass is 10.1. The average Bonchev–Trinajstić information content (AvgIpc) is 2.88. The summed E-state index contributed by atoms with van der Waals surface area (Å²) in [6.45, 7) is 11.7. The Morgan fingerprint density at radius 2 is 1.69 bits per heavy atom. The molecule has 0 saturated carbocycles. The van der Waals surface area contributed by atoms with Crippen LogP contribution in [0.3, 0.4) is 0 Å². The number of hydrogen-bond acceptors (Lipinski definition) is 6. The summed E-state index contributed by atoms with van der Waals surface area (Å²) in [5.74, 6) is 0.992. The fourth-order valence-corrected chi connectivity index (χ4v) is 4.12. The number of nitrogens with zero attached hydrogens (tertiary/aromatic N) is 4. The van der Waals surface area contributed by atoms with E-state index in [2.05, 4.69) is 11.6 Å². The average molecular weight is 491 g/mol. The minimum Gasteiger partial charge on any atom is -0.489 e. The van der Waals surface area contributed by atoms with Gasteiger partial charge < -0.3 is 19.3 Å². The Morgan fingerprint density at radius 1 is 1.03 bits per heavy atom. The third-order valence-electron chi connectivity index (χ3n) is 5.96. The number of carbonyl (C=O) groups excluding carboxylic acids is 2. The van der Waals surface area contributed by atoms with Crippen molar-refractivity contribution in [2.75, 3.05) is 39.4 Å². The van der Waals surface area contributed by atoms with Crippen molar-refractivity contribution in [3.63, 3.8) is 0 Å². The van der Waals surface area contributed by atoms with Crippen LogP contribution < -0.4 is 10.3 Å². The zero-order chi connectivity index (χ0) is 25.8. The van der Waals surface area contributed by atoms with E-state index in [-0.39, 0.29) is 17.6 Å². The molecule has 9 heteroatoms. The van der Waals surface area contributed by atoms with E-state index in [4.69, 9.17) is 9.47 Å². The molecule has 0 bridgehead atoms. The molecule has 0 atom stereocenters. The minimum atomic E-state index is -0.353. The van der Waals surface area contributed by atoms with E-state index < -0.39 is 0 Å². The molecule has 0 spiro atoms. The lowest BCUT2D eigenvalue weighted by molar-refractivity contribution is 0.0570. The van der Waals surface area contributed by atoms with Crippen LogP contribution in [0.1, 0.15) is 30.0 Å². The number of aromatic nitrogens is 2. The van der Waals surface area contributed by atoms with Crippen molar-refractivity contribution in [2.45, 2.75) is 20.8 Å². The summed E-state index contributed by atoms with van der Waals surface area (Å²) in [4.78, 5) is 46.2. The van der Waals surface area contributed by atoms with Crippen LogP contribution in [0.5, 0.6) is 5.75 Å². The monoisotopic (exact) mass is 490 g/mol. The number of fused-ring (bicyclic) bond motifs is 1. The maximum Gasteiger partial charge on any atom is 0.409 e. The van der Waals surface area contributed by atoms with Gasteiger partial charge in [-0.15, -0.1) is 0 Å². The number of aryl methyl sites for hydroxylation is 1. The Kier molecular flexibility index (Phi) is 7.38. The van der Waals surface area contributed by atoms with Crippen LogP contribution >= 0.6 is 0 Å². The van der Waals surface area contributed by atoms with Gasteiger partial charge in [0, 0.05) is 31.7 Å². The number of hydrogen-bond donors (Lipinski definition) is 0. The Bertz CT molecular complexity index is 1360. The molecular formula is C27H30N4O5. The molecule has 1 fully saturated rings. The van der Waals surface area contributed by atoms with Gasteiger partial charge in [0.2, 0.25) is 0 Å². The Morgan fingerprint density at radius 3 is 2.33 bits per heavy atom. The second kappa shape index (κ2) is 10.6. The van der Waals surface area contributed by atoms with Gasteiger partial charge in [0.1, 0.15) is 18.2 Å². The number of amides is 2. The molecule has 1 saturated heterocycles. The molecule has 2 aromatic carbocycles. The van der Waals surface area contributed by atoms with Crippen molar-refractivity contribution in [1.82, 2.24) is 19.4 Å². The lowest BCUT2D eigenvalue weighted by Gasteiger charge is -2.34. The van der Waals surface area contributed by atoms with Gasteiger partial charge in [-0.3, -0.25) is 14.2 Å². The summed E-state index contributed by atoms with van der Waals surface area (Å²) in [6.07, 6.45) is -0.353. The molecule has 2 heterocycles. The summed E-state index contributed by atoms with van der Waals surface area (Å²) in [7, 11) is 0. The zero-order valence-electron chi connectivity index (χ0n) is 20.8. The van der Waals surface area contributed by atoms with Crippen molar-refractivity contribution in [3.8, 4) is 11.4 Å². The van der Waals surface area contributed by atoms with Gasteiger partial charge in [0.25, 0.3) is 11.5 Å². The molecular weight excluding hydrogens is 460 g/mol. The first-order valence-corrected chi connectivity index (χ1v) is 11.9. The number of benzene rings is 2. The molecule has 1 aliphatic rings. The molecule has 188 valence electrons.